The van der Waals surface area contributed by atoms with Crippen LogP contribution in [0.5, 0.6) is 5.75 Å². The molecule has 0 aromatic heterocycles. The molecular weight excluding hydrogens is 214 g/mol. The van der Waals surface area contributed by atoms with Gasteiger partial charge in [-0.3, -0.25) is 0 Å². The van der Waals surface area contributed by atoms with Crippen LogP contribution in [-0.2, 0) is 0 Å². The van der Waals surface area contributed by atoms with Crippen molar-refractivity contribution in [2.24, 2.45) is 5.73 Å². The van der Waals surface area contributed by atoms with E-state index < -0.39 is 6.10 Å². The zero-order chi connectivity index (χ0) is 12.3. The minimum atomic E-state index is -0.531. The molecule has 3 nitrogen and oxygen atoms in total. The molecule has 3 heteroatoms. The molecule has 0 unspecified atom stereocenters. The van der Waals surface area contributed by atoms with E-state index in [1.54, 1.807) is 6.92 Å². The molecule has 0 saturated heterocycles. The van der Waals surface area contributed by atoms with E-state index >= 15 is 0 Å². The van der Waals surface area contributed by atoms with Crippen LogP contribution in [0.2, 0.25) is 0 Å². The van der Waals surface area contributed by atoms with Crippen molar-refractivity contribution < 1.29 is 9.84 Å². The van der Waals surface area contributed by atoms with Gasteiger partial charge in [0, 0.05) is 0 Å². The van der Waals surface area contributed by atoms with Gasteiger partial charge in [0.25, 0.3) is 0 Å². The van der Waals surface area contributed by atoms with Crippen LogP contribution in [0.25, 0.3) is 0 Å². The number of aliphatic hydroxyl groups is 1. The van der Waals surface area contributed by atoms with Gasteiger partial charge in [-0.05, 0) is 50.3 Å². The zero-order valence-corrected chi connectivity index (χ0v) is 10.3. The third-order valence-electron chi connectivity index (χ3n) is 3.39. The van der Waals surface area contributed by atoms with Gasteiger partial charge in [0.2, 0.25) is 0 Å². The molecule has 1 aliphatic rings. The first kappa shape index (κ1) is 12.4. The van der Waals surface area contributed by atoms with E-state index in [2.05, 4.69) is 0 Å². The number of benzene rings is 1. The zero-order valence-electron chi connectivity index (χ0n) is 10.3. The van der Waals surface area contributed by atoms with Gasteiger partial charge in [-0.1, -0.05) is 12.1 Å². The topological polar surface area (TPSA) is 55.5 Å². The van der Waals surface area contributed by atoms with E-state index in [4.69, 9.17) is 10.5 Å². The third kappa shape index (κ3) is 3.20. The van der Waals surface area contributed by atoms with Gasteiger partial charge in [-0.15, -0.1) is 0 Å². The second-order valence-electron chi connectivity index (χ2n) is 4.86. The second kappa shape index (κ2) is 5.52. The molecule has 0 heterocycles. The van der Waals surface area contributed by atoms with Gasteiger partial charge in [0.05, 0.1) is 18.2 Å². The summed E-state index contributed by atoms with van der Waals surface area (Å²) in [6.07, 6.45) is 4.72. The molecule has 1 aliphatic carbocycles. The van der Waals surface area contributed by atoms with Crippen LogP contribution >= 0.6 is 0 Å². The summed E-state index contributed by atoms with van der Waals surface area (Å²) in [7, 11) is 0. The fourth-order valence-electron chi connectivity index (χ4n) is 2.25. The van der Waals surface area contributed by atoms with E-state index in [0.717, 1.165) is 24.2 Å². The summed E-state index contributed by atoms with van der Waals surface area (Å²) in [5.41, 5.74) is 6.80. The van der Waals surface area contributed by atoms with Crippen molar-refractivity contribution in [3.05, 3.63) is 29.8 Å². The van der Waals surface area contributed by atoms with Crippen LogP contribution in [0.15, 0.2) is 24.3 Å². The van der Waals surface area contributed by atoms with Gasteiger partial charge < -0.3 is 15.6 Å². The maximum Gasteiger partial charge on any atom is 0.119 e. The smallest absolute Gasteiger partial charge is 0.119 e. The van der Waals surface area contributed by atoms with Crippen LogP contribution in [0.3, 0.4) is 0 Å². The Kier molecular flexibility index (Phi) is 4.02. The molecule has 0 bridgehead atoms. The van der Waals surface area contributed by atoms with Crippen molar-refractivity contribution >= 4 is 0 Å². The Hall–Kier alpha value is -1.06. The summed E-state index contributed by atoms with van der Waals surface area (Å²) < 4.78 is 5.87. The molecule has 2 rings (SSSR count). The van der Waals surface area contributed by atoms with Crippen LogP contribution in [-0.4, -0.2) is 17.3 Å². The van der Waals surface area contributed by atoms with Crippen molar-refractivity contribution in [1.29, 1.82) is 0 Å². The lowest BCUT2D eigenvalue weighted by Gasteiger charge is -2.17. The van der Waals surface area contributed by atoms with Crippen molar-refractivity contribution in [2.45, 2.75) is 50.9 Å². The van der Waals surface area contributed by atoms with E-state index in [9.17, 15) is 5.11 Å². The summed E-state index contributed by atoms with van der Waals surface area (Å²) in [6.45, 7) is 1.70. The summed E-state index contributed by atoms with van der Waals surface area (Å²) in [6, 6.07) is 7.42. The Bertz CT molecular complexity index is 342. The standard InChI is InChI=1S/C14H21NO2/c1-10(16)14(15)11-6-8-13(9-7-11)17-12-4-2-3-5-12/h6-10,12,14,16H,2-5,15H2,1H3/t10-,14-/m1/s1. The molecule has 0 radical (unpaired) electrons. The molecule has 2 atom stereocenters. The maximum absolute atomic E-state index is 9.42. The first-order valence-electron chi connectivity index (χ1n) is 6.37. The van der Waals surface area contributed by atoms with Crippen LogP contribution < -0.4 is 10.5 Å². The quantitative estimate of drug-likeness (QED) is 0.842. The van der Waals surface area contributed by atoms with Crippen molar-refractivity contribution in [3.8, 4) is 5.75 Å². The Balaban J connectivity index is 1.97. The second-order valence-corrected chi connectivity index (χ2v) is 4.86. The number of ether oxygens (including phenoxy) is 1. The average molecular weight is 235 g/mol. The third-order valence-corrected chi connectivity index (χ3v) is 3.39. The van der Waals surface area contributed by atoms with Crippen molar-refractivity contribution in [2.75, 3.05) is 0 Å². The first-order chi connectivity index (χ1) is 8.16. The fraction of sp³-hybridized carbons (Fsp3) is 0.571. The summed E-state index contributed by atoms with van der Waals surface area (Å²) in [5.74, 6) is 0.901. The van der Waals surface area contributed by atoms with Gasteiger partial charge >= 0.3 is 0 Å². The highest BCUT2D eigenvalue weighted by atomic mass is 16.5. The summed E-state index contributed by atoms with van der Waals surface area (Å²) in [4.78, 5) is 0. The summed E-state index contributed by atoms with van der Waals surface area (Å²) in [5, 5.41) is 9.42. The molecular formula is C14H21NO2. The van der Waals surface area contributed by atoms with Crippen LogP contribution in [0, 0.1) is 0 Å². The number of nitrogens with two attached hydrogens (primary N) is 1. The Morgan fingerprint density at radius 1 is 1.24 bits per heavy atom. The molecule has 17 heavy (non-hydrogen) atoms. The molecule has 1 aromatic carbocycles. The van der Waals surface area contributed by atoms with Crippen molar-refractivity contribution in [1.82, 2.24) is 0 Å². The molecule has 1 saturated carbocycles. The molecule has 1 fully saturated rings. The molecule has 0 amide bonds. The van der Waals surface area contributed by atoms with Crippen LogP contribution in [0.1, 0.15) is 44.2 Å². The minimum absolute atomic E-state index is 0.324. The van der Waals surface area contributed by atoms with E-state index in [0.29, 0.717) is 6.10 Å². The average Bonchev–Trinajstić information content (AvgIpc) is 2.82. The lowest BCUT2D eigenvalue weighted by atomic mass is 10.0. The molecule has 0 aliphatic heterocycles. The van der Waals surface area contributed by atoms with Crippen LogP contribution in [0.4, 0.5) is 0 Å². The maximum atomic E-state index is 9.42. The van der Waals surface area contributed by atoms with E-state index in [1.165, 1.54) is 12.8 Å². The van der Waals surface area contributed by atoms with Gasteiger partial charge in [-0.25, -0.2) is 0 Å². The minimum Gasteiger partial charge on any atom is -0.490 e. The Morgan fingerprint density at radius 3 is 2.35 bits per heavy atom. The summed E-state index contributed by atoms with van der Waals surface area (Å²) >= 11 is 0. The largest absolute Gasteiger partial charge is 0.490 e. The number of rotatable bonds is 4. The lowest BCUT2D eigenvalue weighted by Crippen LogP contribution is -2.23. The number of hydrogen-bond donors (Lipinski definition) is 2. The molecule has 94 valence electrons. The fourth-order valence-corrected chi connectivity index (χ4v) is 2.25. The van der Waals surface area contributed by atoms with Gasteiger partial charge in [-0.2, -0.15) is 0 Å². The predicted molar refractivity (Wildman–Crippen MR) is 67.9 cm³/mol. The highest BCUT2D eigenvalue weighted by Gasteiger charge is 2.17. The number of aliphatic hydroxyl groups excluding tert-OH is 1. The lowest BCUT2D eigenvalue weighted by molar-refractivity contribution is 0.164. The van der Waals surface area contributed by atoms with Crippen molar-refractivity contribution in [3.63, 3.8) is 0 Å². The number of hydrogen-bond acceptors (Lipinski definition) is 3. The normalized spacial score (nSPS) is 20.2. The monoisotopic (exact) mass is 235 g/mol. The highest BCUT2D eigenvalue weighted by Crippen LogP contribution is 2.25. The first-order valence-corrected chi connectivity index (χ1v) is 6.37. The Morgan fingerprint density at radius 2 is 1.82 bits per heavy atom. The molecule has 1 aromatic rings. The Labute approximate surface area is 103 Å². The highest BCUT2D eigenvalue weighted by molar-refractivity contribution is 5.29. The predicted octanol–water partition coefficient (Wildman–Crippen LogP) is 2.39. The SMILES string of the molecule is C[C@@H](O)[C@@H](N)c1ccc(OC2CCCC2)cc1. The van der Waals surface area contributed by atoms with Gasteiger partial charge in [0.15, 0.2) is 0 Å². The van der Waals surface area contributed by atoms with E-state index in [-0.39, 0.29) is 6.04 Å². The molecule has 0 spiro atoms. The molecule has 3 N–H and O–H groups in total. The van der Waals surface area contributed by atoms with E-state index in [1.807, 2.05) is 24.3 Å². The van der Waals surface area contributed by atoms with Gasteiger partial charge in [0.1, 0.15) is 5.75 Å².